The van der Waals surface area contributed by atoms with E-state index in [2.05, 4.69) is 15.2 Å². The Kier molecular flexibility index (Phi) is 2.14. The molecular formula is C9H11N5. The molecule has 2 heterocycles. The van der Waals surface area contributed by atoms with E-state index in [1.807, 2.05) is 23.8 Å². The molecule has 2 aromatic rings. The predicted octanol–water partition coefficient (Wildman–Crippen LogP) is 0.807. The molecule has 5 heteroatoms. The van der Waals surface area contributed by atoms with Gasteiger partial charge in [-0.25, -0.2) is 4.98 Å². The molecule has 0 aromatic carbocycles. The summed E-state index contributed by atoms with van der Waals surface area (Å²) in [7, 11) is 0. The van der Waals surface area contributed by atoms with Crippen LogP contribution in [0.2, 0.25) is 0 Å². The van der Waals surface area contributed by atoms with Gasteiger partial charge in [-0.1, -0.05) is 6.92 Å². The van der Waals surface area contributed by atoms with Crippen LogP contribution >= 0.6 is 0 Å². The molecule has 0 aliphatic rings. The molecule has 0 fully saturated rings. The number of nitrogens with two attached hydrogens (primary N) is 1. The maximum absolute atomic E-state index is 5.45. The van der Waals surface area contributed by atoms with Gasteiger partial charge in [0.25, 0.3) is 0 Å². The Balaban J connectivity index is 2.44. The van der Waals surface area contributed by atoms with Gasteiger partial charge in [-0.2, -0.15) is 0 Å². The summed E-state index contributed by atoms with van der Waals surface area (Å²) in [6.45, 7) is 2.05. The van der Waals surface area contributed by atoms with Gasteiger partial charge in [0.15, 0.2) is 5.82 Å². The van der Waals surface area contributed by atoms with E-state index in [0.29, 0.717) is 5.82 Å². The van der Waals surface area contributed by atoms with Crippen LogP contribution in [-0.2, 0) is 6.42 Å². The first-order valence-electron chi connectivity index (χ1n) is 4.43. The largest absolute Gasteiger partial charge is 0.382 e. The first kappa shape index (κ1) is 8.68. The third-order valence-corrected chi connectivity index (χ3v) is 1.95. The minimum Gasteiger partial charge on any atom is -0.382 e. The highest BCUT2D eigenvalue weighted by Crippen LogP contribution is 2.07. The minimum atomic E-state index is 0.423. The molecule has 2 aromatic heterocycles. The van der Waals surface area contributed by atoms with Crippen molar-refractivity contribution in [2.45, 2.75) is 13.3 Å². The Hall–Kier alpha value is -1.91. The Morgan fingerprint density at radius 2 is 2.21 bits per heavy atom. The van der Waals surface area contributed by atoms with Gasteiger partial charge in [0, 0.05) is 18.8 Å². The molecule has 2 N–H and O–H groups in total. The van der Waals surface area contributed by atoms with Crippen LogP contribution in [0.4, 0.5) is 5.82 Å². The standard InChI is InChI=1S/C9H11N5/c1-2-8-11-5-6-14(8)9-4-3-7(10)12-13-9/h3-6H,2H2,1H3,(H2,10,12). The summed E-state index contributed by atoms with van der Waals surface area (Å²) >= 11 is 0. The van der Waals surface area contributed by atoms with E-state index < -0.39 is 0 Å². The maximum Gasteiger partial charge on any atom is 0.160 e. The topological polar surface area (TPSA) is 69.6 Å². The van der Waals surface area contributed by atoms with Crippen LogP contribution in [0.25, 0.3) is 5.82 Å². The minimum absolute atomic E-state index is 0.423. The number of anilines is 1. The molecule has 14 heavy (non-hydrogen) atoms. The van der Waals surface area contributed by atoms with Crippen molar-refractivity contribution in [1.29, 1.82) is 0 Å². The van der Waals surface area contributed by atoms with Crippen molar-refractivity contribution in [2.75, 3.05) is 5.73 Å². The van der Waals surface area contributed by atoms with Crippen molar-refractivity contribution in [3.05, 3.63) is 30.4 Å². The molecule has 2 rings (SSSR count). The summed E-state index contributed by atoms with van der Waals surface area (Å²) in [5, 5.41) is 7.77. The summed E-state index contributed by atoms with van der Waals surface area (Å²) in [6, 6.07) is 3.55. The Morgan fingerprint density at radius 3 is 2.86 bits per heavy atom. The fraction of sp³-hybridized carbons (Fsp3) is 0.222. The lowest BCUT2D eigenvalue weighted by molar-refractivity contribution is 0.841. The summed E-state index contributed by atoms with van der Waals surface area (Å²) in [5.74, 6) is 2.13. The molecule has 0 aliphatic carbocycles. The molecule has 0 aliphatic heterocycles. The van der Waals surface area contributed by atoms with Gasteiger partial charge in [-0.15, -0.1) is 10.2 Å². The zero-order valence-corrected chi connectivity index (χ0v) is 7.88. The predicted molar refractivity (Wildman–Crippen MR) is 52.9 cm³/mol. The van der Waals surface area contributed by atoms with Crippen LogP contribution in [0, 0.1) is 0 Å². The zero-order valence-electron chi connectivity index (χ0n) is 7.88. The van der Waals surface area contributed by atoms with Gasteiger partial charge in [0.2, 0.25) is 0 Å². The van der Waals surface area contributed by atoms with Crippen molar-refractivity contribution in [3.8, 4) is 5.82 Å². The summed E-state index contributed by atoms with van der Waals surface area (Å²) in [4.78, 5) is 4.20. The molecule has 5 nitrogen and oxygen atoms in total. The van der Waals surface area contributed by atoms with Gasteiger partial charge in [0.1, 0.15) is 11.6 Å². The average Bonchev–Trinajstić information content (AvgIpc) is 2.67. The zero-order chi connectivity index (χ0) is 9.97. The van der Waals surface area contributed by atoms with Crippen LogP contribution in [0.1, 0.15) is 12.7 Å². The van der Waals surface area contributed by atoms with Crippen molar-refractivity contribution < 1.29 is 0 Å². The number of hydrogen-bond acceptors (Lipinski definition) is 4. The normalized spacial score (nSPS) is 10.4. The molecule has 0 saturated carbocycles. The number of nitrogen functional groups attached to an aromatic ring is 1. The van der Waals surface area contributed by atoms with Crippen LogP contribution in [0.15, 0.2) is 24.5 Å². The Labute approximate surface area is 81.6 Å². The lowest BCUT2D eigenvalue weighted by Gasteiger charge is -2.03. The fourth-order valence-electron chi connectivity index (χ4n) is 1.27. The average molecular weight is 189 g/mol. The van der Waals surface area contributed by atoms with Crippen LogP contribution in [0.3, 0.4) is 0 Å². The number of imidazole rings is 1. The number of aromatic nitrogens is 4. The third-order valence-electron chi connectivity index (χ3n) is 1.95. The van der Waals surface area contributed by atoms with E-state index in [4.69, 9.17) is 5.73 Å². The second-order valence-corrected chi connectivity index (χ2v) is 2.88. The summed E-state index contributed by atoms with van der Waals surface area (Å²) in [6.07, 6.45) is 4.47. The van der Waals surface area contributed by atoms with Gasteiger partial charge in [-0.05, 0) is 12.1 Å². The Morgan fingerprint density at radius 1 is 1.36 bits per heavy atom. The van der Waals surface area contributed by atoms with E-state index in [1.54, 1.807) is 12.3 Å². The molecule has 0 unspecified atom stereocenters. The third kappa shape index (κ3) is 1.44. The van der Waals surface area contributed by atoms with Crippen molar-refractivity contribution in [2.24, 2.45) is 0 Å². The van der Waals surface area contributed by atoms with Gasteiger partial charge in [-0.3, -0.25) is 4.57 Å². The molecular weight excluding hydrogens is 178 g/mol. The highest BCUT2D eigenvalue weighted by Gasteiger charge is 2.03. The van der Waals surface area contributed by atoms with E-state index in [-0.39, 0.29) is 0 Å². The highest BCUT2D eigenvalue weighted by molar-refractivity contribution is 5.32. The van der Waals surface area contributed by atoms with Crippen LogP contribution in [0.5, 0.6) is 0 Å². The quantitative estimate of drug-likeness (QED) is 0.758. The number of aryl methyl sites for hydroxylation is 1. The van der Waals surface area contributed by atoms with E-state index in [0.717, 1.165) is 18.1 Å². The number of nitrogens with zero attached hydrogens (tertiary/aromatic N) is 4. The monoisotopic (exact) mass is 189 g/mol. The lowest BCUT2D eigenvalue weighted by Crippen LogP contribution is -2.03. The molecule has 0 amide bonds. The molecule has 72 valence electrons. The summed E-state index contributed by atoms with van der Waals surface area (Å²) in [5.41, 5.74) is 5.45. The first-order chi connectivity index (χ1) is 6.81. The fourth-order valence-corrected chi connectivity index (χ4v) is 1.27. The molecule has 0 radical (unpaired) electrons. The van der Waals surface area contributed by atoms with E-state index in [9.17, 15) is 0 Å². The molecule has 0 atom stereocenters. The van der Waals surface area contributed by atoms with Crippen LogP contribution < -0.4 is 5.73 Å². The smallest absolute Gasteiger partial charge is 0.160 e. The summed E-state index contributed by atoms with van der Waals surface area (Å²) < 4.78 is 1.90. The number of hydrogen-bond donors (Lipinski definition) is 1. The second kappa shape index (κ2) is 3.45. The molecule has 0 saturated heterocycles. The lowest BCUT2D eigenvalue weighted by atomic mass is 10.4. The van der Waals surface area contributed by atoms with Crippen LogP contribution in [-0.4, -0.2) is 19.7 Å². The maximum atomic E-state index is 5.45. The van der Waals surface area contributed by atoms with Gasteiger partial charge in [0.05, 0.1) is 0 Å². The van der Waals surface area contributed by atoms with Gasteiger partial charge < -0.3 is 5.73 Å². The molecule has 0 bridgehead atoms. The van der Waals surface area contributed by atoms with E-state index in [1.165, 1.54) is 0 Å². The second-order valence-electron chi connectivity index (χ2n) is 2.88. The molecule has 0 spiro atoms. The van der Waals surface area contributed by atoms with Crippen molar-refractivity contribution in [3.63, 3.8) is 0 Å². The number of rotatable bonds is 2. The van der Waals surface area contributed by atoms with Crippen molar-refractivity contribution >= 4 is 5.82 Å². The van der Waals surface area contributed by atoms with Crippen molar-refractivity contribution in [1.82, 2.24) is 19.7 Å². The SMILES string of the molecule is CCc1nccn1-c1ccc(N)nn1. The highest BCUT2D eigenvalue weighted by atomic mass is 15.2. The Bertz CT molecular complexity index is 417. The van der Waals surface area contributed by atoms with Gasteiger partial charge >= 0.3 is 0 Å². The first-order valence-corrected chi connectivity index (χ1v) is 4.43. The van der Waals surface area contributed by atoms with E-state index >= 15 is 0 Å².